The number of hydrogen-bond donors (Lipinski definition) is 0. The van der Waals surface area contributed by atoms with Crippen LogP contribution in [-0.4, -0.2) is 33.4 Å². The Morgan fingerprint density at radius 3 is 2.93 bits per heavy atom. The van der Waals surface area contributed by atoms with Gasteiger partial charge in [0.2, 0.25) is 0 Å². The van der Waals surface area contributed by atoms with Crippen molar-refractivity contribution in [2.24, 2.45) is 0 Å². The molecule has 1 aromatic rings. The second kappa shape index (κ2) is 6.98. The molecule has 0 saturated heterocycles. The third-order valence-corrected chi connectivity index (χ3v) is 1.73. The van der Waals surface area contributed by atoms with Crippen LogP contribution in [0.1, 0.15) is 10.4 Å². The maximum absolute atomic E-state index is 10.5. The summed E-state index contributed by atoms with van der Waals surface area (Å²) in [4.78, 5) is 10.5. The summed E-state index contributed by atoms with van der Waals surface area (Å²) >= 11 is 0. The molecule has 0 spiro atoms. The van der Waals surface area contributed by atoms with Gasteiger partial charge in [0.25, 0.3) is 0 Å². The zero-order valence-corrected chi connectivity index (χ0v) is 8.64. The van der Waals surface area contributed by atoms with Gasteiger partial charge >= 0.3 is 0 Å². The van der Waals surface area contributed by atoms with Gasteiger partial charge in [-0.15, -0.1) is 0 Å². The topological polar surface area (TPSA) is 44.8 Å². The number of hydrogen-bond acceptors (Lipinski definition) is 4. The Kier molecular flexibility index (Phi) is 5.43. The summed E-state index contributed by atoms with van der Waals surface area (Å²) in [6, 6.07) is 6.90. The van der Waals surface area contributed by atoms with Gasteiger partial charge in [-0.3, -0.25) is 4.79 Å². The van der Waals surface area contributed by atoms with E-state index in [4.69, 9.17) is 14.2 Å². The summed E-state index contributed by atoms with van der Waals surface area (Å²) in [5.41, 5.74) is 0.587. The van der Waals surface area contributed by atoms with E-state index in [1.54, 1.807) is 31.4 Å². The van der Waals surface area contributed by atoms with E-state index in [0.717, 1.165) is 6.29 Å². The first-order valence-corrected chi connectivity index (χ1v) is 4.61. The van der Waals surface area contributed by atoms with Crippen LogP contribution >= 0.6 is 0 Å². The van der Waals surface area contributed by atoms with Gasteiger partial charge in [-0.25, -0.2) is 0 Å². The summed E-state index contributed by atoms with van der Waals surface area (Å²) in [5, 5.41) is 0. The van der Waals surface area contributed by atoms with Crippen molar-refractivity contribution in [1.29, 1.82) is 0 Å². The Morgan fingerprint density at radius 1 is 1.33 bits per heavy atom. The zero-order valence-electron chi connectivity index (χ0n) is 8.64. The number of carbonyl (C=O) groups excluding carboxylic acids is 1. The SMILES string of the molecule is COCCOCOc1cccc(C=O)c1. The minimum Gasteiger partial charge on any atom is -0.468 e. The van der Waals surface area contributed by atoms with Crippen LogP contribution in [0.3, 0.4) is 0 Å². The van der Waals surface area contributed by atoms with Crippen molar-refractivity contribution in [2.45, 2.75) is 0 Å². The van der Waals surface area contributed by atoms with Crippen LogP contribution in [-0.2, 0) is 9.47 Å². The average molecular weight is 210 g/mol. The van der Waals surface area contributed by atoms with E-state index in [1.165, 1.54) is 0 Å². The number of ether oxygens (including phenoxy) is 3. The van der Waals surface area contributed by atoms with Crippen LogP contribution in [0.2, 0.25) is 0 Å². The van der Waals surface area contributed by atoms with E-state index in [1.807, 2.05) is 0 Å². The highest BCUT2D eigenvalue weighted by molar-refractivity contribution is 5.75. The minimum atomic E-state index is 0.158. The molecule has 0 aliphatic heterocycles. The van der Waals surface area contributed by atoms with Crippen LogP contribution in [0.4, 0.5) is 0 Å². The second-order valence-corrected chi connectivity index (χ2v) is 2.85. The van der Waals surface area contributed by atoms with Crippen LogP contribution in [0, 0.1) is 0 Å². The molecule has 0 aliphatic carbocycles. The zero-order chi connectivity index (χ0) is 10.9. The minimum absolute atomic E-state index is 0.158. The summed E-state index contributed by atoms with van der Waals surface area (Å²) in [6.45, 7) is 1.19. The highest BCUT2D eigenvalue weighted by atomic mass is 16.7. The molecule has 0 bridgehead atoms. The smallest absolute Gasteiger partial charge is 0.189 e. The molecule has 0 saturated carbocycles. The molecule has 0 fully saturated rings. The molecule has 1 rings (SSSR count). The van der Waals surface area contributed by atoms with Crippen LogP contribution in [0.5, 0.6) is 5.75 Å². The molecule has 0 aromatic heterocycles. The molecule has 82 valence electrons. The van der Waals surface area contributed by atoms with Crippen molar-refractivity contribution in [3.63, 3.8) is 0 Å². The first kappa shape index (κ1) is 11.7. The van der Waals surface area contributed by atoms with Crippen LogP contribution in [0.15, 0.2) is 24.3 Å². The monoisotopic (exact) mass is 210 g/mol. The number of benzene rings is 1. The number of rotatable bonds is 7. The third-order valence-electron chi connectivity index (χ3n) is 1.73. The predicted molar refractivity (Wildman–Crippen MR) is 55.2 cm³/mol. The van der Waals surface area contributed by atoms with E-state index in [-0.39, 0.29) is 6.79 Å². The van der Waals surface area contributed by atoms with Crippen LogP contribution in [0.25, 0.3) is 0 Å². The van der Waals surface area contributed by atoms with Crippen molar-refractivity contribution in [3.05, 3.63) is 29.8 Å². The normalized spacial score (nSPS) is 9.93. The Hall–Kier alpha value is -1.39. The lowest BCUT2D eigenvalue weighted by Gasteiger charge is -2.06. The first-order chi connectivity index (χ1) is 7.36. The average Bonchev–Trinajstić information content (AvgIpc) is 2.29. The summed E-state index contributed by atoms with van der Waals surface area (Å²) < 4.78 is 15.2. The lowest BCUT2D eigenvalue weighted by Crippen LogP contribution is -2.07. The van der Waals surface area contributed by atoms with Crippen molar-refractivity contribution in [3.8, 4) is 5.75 Å². The lowest BCUT2D eigenvalue weighted by atomic mass is 10.2. The molecule has 0 amide bonds. The quantitative estimate of drug-likeness (QED) is 0.388. The van der Waals surface area contributed by atoms with Gasteiger partial charge < -0.3 is 14.2 Å². The number of methoxy groups -OCH3 is 1. The molecule has 0 unspecified atom stereocenters. The lowest BCUT2D eigenvalue weighted by molar-refractivity contribution is -0.00849. The molecule has 0 radical (unpaired) electrons. The Balaban J connectivity index is 2.27. The third kappa shape index (κ3) is 4.58. The molecule has 1 aromatic carbocycles. The van der Waals surface area contributed by atoms with Gasteiger partial charge in [-0.1, -0.05) is 12.1 Å². The summed E-state index contributed by atoms with van der Waals surface area (Å²) in [5.74, 6) is 0.622. The van der Waals surface area contributed by atoms with E-state index in [2.05, 4.69) is 0 Å². The molecule has 0 heterocycles. The molecular weight excluding hydrogens is 196 g/mol. The molecular formula is C11H14O4. The van der Waals surface area contributed by atoms with Gasteiger partial charge in [0.05, 0.1) is 13.2 Å². The van der Waals surface area contributed by atoms with Gasteiger partial charge in [-0.05, 0) is 12.1 Å². The fourth-order valence-electron chi connectivity index (χ4n) is 0.989. The summed E-state index contributed by atoms with van der Waals surface area (Å²) in [7, 11) is 1.61. The van der Waals surface area contributed by atoms with E-state index >= 15 is 0 Å². The predicted octanol–water partition coefficient (Wildman–Crippen LogP) is 1.50. The van der Waals surface area contributed by atoms with E-state index in [0.29, 0.717) is 24.5 Å². The van der Waals surface area contributed by atoms with Crippen molar-refractivity contribution in [1.82, 2.24) is 0 Å². The molecule has 0 aliphatic rings. The van der Waals surface area contributed by atoms with Crippen LogP contribution < -0.4 is 4.74 Å². The Labute approximate surface area is 88.8 Å². The first-order valence-electron chi connectivity index (χ1n) is 4.61. The fraction of sp³-hybridized carbons (Fsp3) is 0.364. The molecule has 15 heavy (non-hydrogen) atoms. The maximum Gasteiger partial charge on any atom is 0.189 e. The molecule has 0 N–H and O–H groups in total. The summed E-state index contributed by atoms with van der Waals surface area (Å²) in [6.07, 6.45) is 0.776. The Morgan fingerprint density at radius 2 is 2.20 bits per heavy atom. The molecule has 4 nitrogen and oxygen atoms in total. The maximum atomic E-state index is 10.5. The van der Waals surface area contributed by atoms with E-state index in [9.17, 15) is 4.79 Å². The van der Waals surface area contributed by atoms with Crippen molar-refractivity contribution in [2.75, 3.05) is 27.1 Å². The Bertz CT molecular complexity index is 298. The number of carbonyl (C=O) groups is 1. The van der Waals surface area contributed by atoms with Crippen molar-refractivity contribution >= 4 is 6.29 Å². The molecule has 4 heteroatoms. The van der Waals surface area contributed by atoms with Gasteiger partial charge in [0.15, 0.2) is 6.79 Å². The molecule has 0 atom stereocenters. The van der Waals surface area contributed by atoms with Gasteiger partial charge in [0, 0.05) is 12.7 Å². The van der Waals surface area contributed by atoms with Gasteiger partial charge in [-0.2, -0.15) is 0 Å². The number of aldehydes is 1. The second-order valence-electron chi connectivity index (χ2n) is 2.85. The highest BCUT2D eigenvalue weighted by Gasteiger charge is 1.95. The van der Waals surface area contributed by atoms with Crippen molar-refractivity contribution < 1.29 is 19.0 Å². The standard InChI is InChI=1S/C11H14O4/c1-13-5-6-14-9-15-11-4-2-3-10(7-11)8-12/h2-4,7-8H,5-6,9H2,1H3. The fourth-order valence-corrected chi connectivity index (χ4v) is 0.989. The van der Waals surface area contributed by atoms with Gasteiger partial charge in [0.1, 0.15) is 12.0 Å². The largest absolute Gasteiger partial charge is 0.468 e. The van der Waals surface area contributed by atoms with E-state index < -0.39 is 0 Å². The highest BCUT2D eigenvalue weighted by Crippen LogP contribution is 2.11.